The number of anilines is 1. The lowest BCUT2D eigenvalue weighted by atomic mass is 10.4. The summed E-state index contributed by atoms with van der Waals surface area (Å²) in [4.78, 5) is 18.9. The Hall–Kier alpha value is -2.57. The quantitative estimate of drug-likeness (QED) is 0.847. The lowest BCUT2D eigenvalue weighted by Gasteiger charge is -2.06. The summed E-state index contributed by atoms with van der Waals surface area (Å²) < 4.78 is 10.1. The molecular formula is C12H13N3O4. The number of carbonyl (C=O) groups is 1. The van der Waals surface area contributed by atoms with E-state index in [-0.39, 0.29) is 5.76 Å². The fraction of sp³-hybridized carbons (Fsp3) is 0.250. The van der Waals surface area contributed by atoms with Gasteiger partial charge >= 0.3 is 5.97 Å². The molecule has 0 spiro atoms. The number of furan rings is 1. The minimum atomic E-state index is -1.09. The predicted octanol–water partition coefficient (Wildman–Crippen LogP) is 1.70. The maximum atomic E-state index is 10.7. The van der Waals surface area contributed by atoms with Crippen LogP contribution in [-0.2, 0) is 6.54 Å². The zero-order chi connectivity index (χ0) is 13.8. The molecule has 0 aromatic carbocycles. The molecule has 0 amide bonds. The van der Waals surface area contributed by atoms with Gasteiger partial charge in [-0.3, -0.25) is 0 Å². The molecule has 2 aromatic heterocycles. The average molecular weight is 263 g/mol. The van der Waals surface area contributed by atoms with Gasteiger partial charge in [-0.25, -0.2) is 9.78 Å². The second-order valence-electron chi connectivity index (χ2n) is 3.77. The highest BCUT2D eigenvalue weighted by Gasteiger charge is 2.09. The SMILES string of the molecule is COc1cc(NCc2ccc(C(=O)O)o2)nc(C)n1. The summed E-state index contributed by atoms with van der Waals surface area (Å²) in [7, 11) is 1.53. The lowest BCUT2D eigenvalue weighted by Crippen LogP contribution is -2.03. The van der Waals surface area contributed by atoms with E-state index in [4.69, 9.17) is 14.3 Å². The fourth-order valence-corrected chi connectivity index (χ4v) is 1.50. The summed E-state index contributed by atoms with van der Waals surface area (Å²) in [6, 6.07) is 4.65. The van der Waals surface area contributed by atoms with E-state index in [9.17, 15) is 4.79 Å². The summed E-state index contributed by atoms with van der Waals surface area (Å²) in [5.41, 5.74) is 0. The molecule has 7 nitrogen and oxygen atoms in total. The number of aromatic carboxylic acids is 1. The van der Waals surface area contributed by atoms with Gasteiger partial charge in [0.15, 0.2) is 0 Å². The van der Waals surface area contributed by atoms with E-state index in [1.165, 1.54) is 13.2 Å². The third-order valence-electron chi connectivity index (χ3n) is 2.34. The number of rotatable bonds is 5. The van der Waals surface area contributed by atoms with E-state index in [0.717, 1.165) is 0 Å². The van der Waals surface area contributed by atoms with Crippen molar-refractivity contribution in [1.29, 1.82) is 0 Å². The first-order valence-corrected chi connectivity index (χ1v) is 5.54. The minimum absolute atomic E-state index is 0.0896. The first kappa shape index (κ1) is 12.9. The molecule has 7 heteroatoms. The van der Waals surface area contributed by atoms with Gasteiger partial charge in [0, 0.05) is 6.07 Å². The van der Waals surface area contributed by atoms with E-state index in [1.807, 2.05) is 0 Å². The minimum Gasteiger partial charge on any atom is -0.481 e. The molecule has 0 saturated heterocycles. The molecule has 19 heavy (non-hydrogen) atoms. The number of methoxy groups -OCH3 is 1. The summed E-state index contributed by atoms with van der Waals surface area (Å²) >= 11 is 0. The second-order valence-corrected chi connectivity index (χ2v) is 3.77. The van der Waals surface area contributed by atoms with Crippen molar-refractivity contribution >= 4 is 11.8 Å². The molecule has 2 aromatic rings. The number of ether oxygens (including phenoxy) is 1. The molecule has 2 heterocycles. The van der Waals surface area contributed by atoms with E-state index >= 15 is 0 Å². The van der Waals surface area contributed by atoms with Crippen LogP contribution in [0.15, 0.2) is 22.6 Å². The Morgan fingerprint density at radius 2 is 2.26 bits per heavy atom. The van der Waals surface area contributed by atoms with Gasteiger partial charge in [-0.05, 0) is 19.1 Å². The third-order valence-corrected chi connectivity index (χ3v) is 2.34. The normalized spacial score (nSPS) is 10.2. The van der Waals surface area contributed by atoms with E-state index in [2.05, 4.69) is 15.3 Å². The van der Waals surface area contributed by atoms with Crippen LogP contribution in [0.2, 0.25) is 0 Å². The van der Waals surface area contributed by atoms with Crippen molar-refractivity contribution in [2.45, 2.75) is 13.5 Å². The number of hydrogen-bond acceptors (Lipinski definition) is 6. The smallest absolute Gasteiger partial charge is 0.371 e. The largest absolute Gasteiger partial charge is 0.481 e. The Labute approximate surface area is 109 Å². The van der Waals surface area contributed by atoms with Crippen molar-refractivity contribution in [1.82, 2.24) is 9.97 Å². The Bertz CT molecular complexity index is 594. The Balaban J connectivity index is 2.05. The van der Waals surface area contributed by atoms with Gasteiger partial charge in [0.1, 0.15) is 17.4 Å². The molecule has 0 saturated carbocycles. The highest BCUT2D eigenvalue weighted by molar-refractivity contribution is 5.84. The molecule has 2 N–H and O–H groups in total. The van der Waals surface area contributed by atoms with Gasteiger partial charge in [0.05, 0.1) is 13.7 Å². The number of aromatic nitrogens is 2. The number of hydrogen-bond donors (Lipinski definition) is 2. The molecule has 0 fully saturated rings. The topological polar surface area (TPSA) is 97.5 Å². The van der Waals surface area contributed by atoms with Gasteiger partial charge in [0.2, 0.25) is 11.6 Å². The van der Waals surface area contributed by atoms with Crippen molar-refractivity contribution in [2.75, 3.05) is 12.4 Å². The molecule has 0 atom stereocenters. The molecular weight excluding hydrogens is 250 g/mol. The summed E-state index contributed by atoms with van der Waals surface area (Å²) in [5.74, 6) is 0.942. The maximum Gasteiger partial charge on any atom is 0.371 e. The van der Waals surface area contributed by atoms with Crippen molar-refractivity contribution in [3.05, 3.63) is 35.5 Å². The number of carboxylic acids is 1. The molecule has 0 radical (unpaired) electrons. The van der Waals surface area contributed by atoms with E-state index in [0.29, 0.717) is 29.8 Å². The molecule has 0 unspecified atom stereocenters. The van der Waals surface area contributed by atoms with Gasteiger partial charge < -0.3 is 19.6 Å². The van der Waals surface area contributed by atoms with Crippen molar-refractivity contribution in [3.8, 4) is 5.88 Å². The first-order chi connectivity index (χ1) is 9.08. The van der Waals surface area contributed by atoms with Gasteiger partial charge in [-0.15, -0.1) is 0 Å². The van der Waals surface area contributed by atoms with Crippen LogP contribution in [0.5, 0.6) is 5.88 Å². The maximum absolute atomic E-state index is 10.7. The average Bonchev–Trinajstić information content (AvgIpc) is 2.84. The summed E-state index contributed by atoms with van der Waals surface area (Å²) in [6.07, 6.45) is 0. The standard InChI is InChI=1S/C12H13N3O4/c1-7-14-10(5-11(15-7)18-2)13-6-8-3-4-9(19-8)12(16)17/h3-5H,6H2,1-2H3,(H,16,17)(H,13,14,15). The van der Waals surface area contributed by atoms with Crippen LogP contribution >= 0.6 is 0 Å². The second kappa shape index (κ2) is 5.38. The lowest BCUT2D eigenvalue weighted by molar-refractivity contribution is 0.0660. The number of aryl methyl sites for hydroxylation is 1. The van der Waals surface area contributed by atoms with Crippen LogP contribution in [-0.4, -0.2) is 28.2 Å². The Morgan fingerprint density at radius 1 is 1.47 bits per heavy atom. The van der Waals surface area contributed by atoms with Gasteiger partial charge in [-0.2, -0.15) is 4.98 Å². The Kier molecular flexibility index (Phi) is 3.65. The zero-order valence-electron chi connectivity index (χ0n) is 10.5. The molecule has 2 rings (SSSR count). The van der Waals surface area contributed by atoms with Crippen LogP contribution in [0.1, 0.15) is 22.1 Å². The number of carboxylic acid groups (broad SMARTS) is 1. The highest BCUT2D eigenvalue weighted by atomic mass is 16.5. The molecule has 0 aliphatic rings. The molecule has 0 bridgehead atoms. The molecule has 0 aliphatic carbocycles. The summed E-state index contributed by atoms with van der Waals surface area (Å²) in [6.45, 7) is 2.08. The van der Waals surface area contributed by atoms with Crippen LogP contribution in [0.25, 0.3) is 0 Å². The van der Waals surface area contributed by atoms with Crippen LogP contribution in [0.3, 0.4) is 0 Å². The predicted molar refractivity (Wildman–Crippen MR) is 66.3 cm³/mol. The van der Waals surface area contributed by atoms with Crippen molar-refractivity contribution in [3.63, 3.8) is 0 Å². The van der Waals surface area contributed by atoms with Crippen LogP contribution in [0, 0.1) is 6.92 Å². The third kappa shape index (κ3) is 3.21. The van der Waals surface area contributed by atoms with Crippen molar-refractivity contribution in [2.24, 2.45) is 0 Å². The molecule has 100 valence electrons. The number of nitrogens with one attached hydrogen (secondary N) is 1. The zero-order valence-corrected chi connectivity index (χ0v) is 10.5. The monoisotopic (exact) mass is 263 g/mol. The van der Waals surface area contributed by atoms with Crippen LogP contribution in [0.4, 0.5) is 5.82 Å². The van der Waals surface area contributed by atoms with Gasteiger partial charge in [-0.1, -0.05) is 0 Å². The van der Waals surface area contributed by atoms with Crippen LogP contribution < -0.4 is 10.1 Å². The van der Waals surface area contributed by atoms with Crippen molar-refractivity contribution < 1.29 is 19.1 Å². The van der Waals surface area contributed by atoms with E-state index in [1.54, 1.807) is 19.1 Å². The fourth-order valence-electron chi connectivity index (χ4n) is 1.50. The van der Waals surface area contributed by atoms with Gasteiger partial charge in [0.25, 0.3) is 0 Å². The summed E-state index contributed by atoms with van der Waals surface area (Å²) in [5, 5.41) is 11.7. The van der Waals surface area contributed by atoms with E-state index < -0.39 is 5.97 Å². The highest BCUT2D eigenvalue weighted by Crippen LogP contribution is 2.14. The molecule has 0 aliphatic heterocycles. The first-order valence-electron chi connectivity index (χ1n) is 5.54. The number of nitrogens with zero attached hydrogens (tertiary/aromatic N) is 2. The Morgan fingerprint density at radius 3 is 2.89 bits per heavy atom.